The van der Waals surface area contributed by atoms with Crippen LogP contribution in [0.3, 0.4) is 0 Å². The first-order valence-electron chi connectivity index (χ1n) is 8.76. The Balaban J connectivity index is 1.56. The lowest BCUT2D eigenvalue weighted by molar-refractivity contribution is -0.129. The number of benzene rings is 1. The summed E-state index contributed by atoms with van der Waals surface area (Å²) in [5.74, 6) is 0.359. The molecule has 1 aromatic heterocycles. The van der Waals surface area contributed by atoms with Gasteiger partial charge in [0.25, 0.3) is 0 Å². The molecule has 5 nitrogen and oxygen atoms in total. The van der Waals surface area contributed by atoms with Crippen molar-refractivity contribution in [1.29, 1.82) is 0 Å². The van der Waals surface area contributed by atoms with Crippen LogP contribution in [0, 0.1) is 5.92 Å². The van der Waals surface area contributed by atoms with Crippen LogP contribution in [0.15, 0.2) is 47.1 Å². The van der Waals surface area contributed by atoms with E-state index in [-0.39, 0.29) is 30.2 Å². The predicted octanol–water partition coefficient (Wildman–Crippen LogP) is 3.07. The maximum Gasteiger partial charge on any atom is 0.225 e. The van der Waals surface area contributed by atoms with E-state index in [0.717, 1.165) is 17.7 Å². The standard InChI is InChI=1S/C20H24N2O3/c1-3-15-6-8-16(9-7-15)14(2)21-20(24)17-11-19(23)22(12-17)13-18-5-4-10-25-18/h4-10,14,17H,3,11-13H2,1-2H3,(H,21,24). The Kier molecular flexibility index (Phi) is 5.22. The number of nitrogens with zero attached hydrogens (tertiary/aromatic N) is 1. The Hall–Kier alpha value is -2.56. The molecule has 132 valence electrons. The van der Waals surface area contributed by atoms with Gasteiger partial charge in [-0.25, -0.2) is 0 Å². The normalized spacial score (nSPS) is 18.4. The molecular weight excluding hydrogens is 316 g/mol. The molecule has 2 amide bonds. The molecule has 0 bridgehead atoms. The molecule has 0 radical (unpaired) electrons. The van der Waals surface area contributed by atoms with E-state index in [1.54, 1.807) is 17.2 Å². The van der Waals surface area contributed by atoms with Crippen LogP contribution in [0.1, 0.15) is 43.2 Å². The number of carbonyl (C=O) groups is 2. The van der Waals surface area contributed by atoms with E-state index < -0.39 is 0 Å². The van der Waals surface area contributed by atoms with Gasteiger partial charge in [0.2, 0.25) is 11.8 Å². The molecule has 1 saturated heterocycles. The molecule has 0 spiro atoms. The molecular formula is C20H24N2O3. The van der Waals surface area contributed by atoms with Gasteiger partial charge in [0.1, 0.15) is 5.76 Å². The summed E-state index contributed by atoms with van der Waals surface area (Å²) in [4.78, 5) is 26.4. The number of likely N-dealkylation sites (tertiary alicyclic amines) is 1. The van der Waals surface area contributed by atoms with Crippen LogP contribution in [-0.4, -0.2) is 23.3 Å². The molecule has 2 heterocycles. The highest BCUT2D eigenvalue weighted by Crippen LogP contribution is 2.22. The van der Waals surface area contributed by atoms with Crippen LogP contribution in [0.4, 0.5) is 0 Å². The minimum Gasteiger partial charge on any atom is -0.467 e. The van der Waals surface area contributed by atoms with E-state index in [4.69, 9.17) is 4.42 Å². The van der Waals surface area contributed by atoms with Crippen molar-refractivity contribution in [2.75, 3.05) is 6.54 Å². The smallest absolute Gasteiger partial charge is 0.225 e. The van der Waals surface area contributed by atoms with Gasteiger partial charge in [0, 0.05) is 13.0 Å². The van der Waals surface area contributed by atoms with Crippen molar-refractivity contribution in [2.24, 2.45) is 5.92 Å². The molecule has 1 fully saturated rings. The lowest BCUT2D eigenvalue weighted by Crippen LogP contribution is -2.34. The average Bonchev–Trinajstić information content (AvgIpc) is 3.25. The van der Waals surface area contributed by atoms with Crippen LogP contribution in [0.2, 0.25) is 0 Å². The fourth-order valence-corrected chi connectivity index (χ4v) is 3.15. The van der Waals surface area contributed by atoms with Gasteiger partial charge in [-0.3, -0.25) is 9.59 Å². The van der Waals surface area contributed by atoms with Crippen LogP contribution >= 0.6 is 0 Å². The van der Waals surface area contributed by atoms with Crippen LogP contribution in [0.25, 0.3) is 0 Å². The third-order valence-electron chi connectivity index (χ3n) is 4.76. The van der Waals surface area contributed by atoms with Gasteiger partial charge in [-0.2, -0.15) is 0 Å². The molecule has 25 heavy (non-hydrogen) atoms. The summed E-state index contributed by atoms with van der Waals surface area (Å²) in [5.41, 5.74) is 2.35. The van der Waals surface area contributed by atoms with Crippen molar-refractivity contribution in [3.8, 4) is 0 Å². The van der Waals surface area contributed by atoms with E-state index >= 15 is 0 Å². The summed E-state index contributed by atoms with van der Waals surface area (Å²) >= 11 is 0. The number of aryl methyl sites for hydroxylation is 1. The molecule has 1 N–H and O–H groups in total. The predicted molar refractivity (Wildman–Crippen MR) is 94.6 cm³/mol. The van der Waals surface area contributed by atoms with E-state index in [1.807, 2.05) is 25.1 Å². The number of nitrogens with one attached hydrogen (secondary N) is 1. The Labute approximate surface area is 148 Å². The number of rotatable bonds is 6. The Morgan fingerprint density at radius 1 is 1.32 bits per heavy atom. The summed E-state index contributed by atoms with van der Waals surface area (Å²) in [5, 5.41) is 3.03. The average molecular weight is 340 g/mol. The van der Waals surface area contributed by atoms with Crippen molar-refractivity contribution in [3.05, 3.63) is 59.5 Å². The quantitative estimate of drug-likeness (QED) is 0.879. The van der Waals surface area contributed by atoms with E-state index in [9.17, 15) is 9.59 Å². The zero-order valence-corrected chi connectivity index (χ0v) is 14.7. The van der Waals surface area contributed by atoms with Gasteiger partial charge in [-0.05, 0) is 36.6 Å². The molecule has 2 atom stereocenters. The van der Waals surface area contributed by atoms with E-state index in [0.29, 0.717) is 13.1 Å². The van der Waals surface area contributed by atoms with Crippen molar-refractivity contribution in [2.45, 2.75) is 39.3 Å². The molecule has 1 aliphatic heterocycles. The minimum atomic E-state index is -0.306. The van der Waals surface area contributed by atoms with Crippen molar-refractivity contribution < 1.29 is 14.0 Å². The first-order valence-corrected chi connectivity index (χ1v) is 8.76. The molecule has 0 saturated carbocycles. The van der Waals surface area contributed by atoms with Gasteiger partial charge < -0.3 is 14.6 Å². The lowest BCUT2D eigenvalue weighted by atomic mass is 10.0. The van der Waals surface area contributed by atoms with Crippen LogP contribution in [0.5, 0.6) is 0 Å². The zero-order valence-electron chi connectivity index (χ0n) is 14.7. The minimum absolute atomic E-state index is 0.00324. The highest BCUT2D eigenvalue weighted by Gasteiger charge is 2.35. The molecule has 3 rings (SSSR count). The van der Waals surface area contributed by atoms with Gasteiger partial charge in [0.15, 0.2) is 0 Å². The van der Waals surface area contributed by atoms with E-state index in [1.165, 1.54) is 5.56 Å². The summed E-state index contributed by atoms with van der Waals surface area (Å²) in [6.45, 7) is 4.94. The number of hydrogen-bond acceptors (Lipinski definition) is 3. The second-order valence-corrected chi connectivity index (χ2v) is 6.58. The second kappa shape index (κ2) is 7.55. The monoisotopic (exact) mass is 340 g/mol. The molecule has 0 aliphatic carbocycles. The van der Waals surface area contributed by atoms with Crippen molar-refractivity contribution in [3.63, 3.8) is 0 Å². The maximum atomic E-state index is 12.5. The second-order valence-electron chi connectivity index (χ2n) is 6.58. The first kappa shape index (κ1) is 17.3. The number of amides is 2. The molecule has 2 aromatic rings. The van der Waals surface area contributed by atoms with Crippen LogP contribution in [-0.2, 0) is 22.6 Å². The van der Waals surface area contributed by atoms with Crippen LogP contribution < -0.4 is 5.32 Å². The number of furan rings is 1. The summed E-state index contributed by atoms with van der Waals surface area (Å²) < 4.78 is 5.29. The topological polar surface area (TPSA) is 62.6 Å². The third-order valence-corrected chi connectivity index (χ3v) is 4.76. The van der Waals surface area contributed by atoms with Gasteiger partial charge in [0.05, 0.1) is 24.8 Å². The molecule has 5 heteroatoms. The largest absolute Gasteiger partial charge is 0.467 e. The summed E-state index contributed by atoms with van der Waals surface area (Å²) in [6, 6.07) is 11.8. The molecule has 1 aromatic carbocycles. The fraction of sp³-hybridized carbons (Fsp3) is 0.400. The van der Waals surface area contributed by atoms with Crippen molar-refractivity contribution >= 4 is 11.8 Å². The Bertz CT molecular complexity index is 722. The lowest BCUT2D eigenvalue weighted by Gasteiger charge is -2.18. The van der Waals surface area contributed by atoms with E-state index in [2.05, 4.69) is 24.4 Å². The van der Waals surface area contributed by atoms with Crippen molar-refractivity contribution in [1.82, 2.24) is 10.2 Å². The SMILES string of the molecule is CCc1ccc(C(C)NC(=O)C2CC(=O)N(Cc3ccco3)C2)cc1. The number of carbonyl (C=O) groups excluding carboxylic acids is 2. The zero-order chi connectivity index (χ0) is 17.8. The maximum absolute atomic E-state index is 12.5. The highest BCUT2D eigenvalue weighted by molar-refractivity contribution is 5.89. The fourth-order valence-electron chi connectivity index (χ4n) is 3.15. The highest BCUT2D eigenvalue weighted by atomic mass is 16.3. The Morgan fingerprint density at radius 3 is 2.72 bits per heavy atom. The summed E-state index contributed by atoms with van der Waals surface area (Å²) in [7, 11) is 0. The molecule has 1 aliphatic rings. The summed E-state index contributed by atoms with van der Waals surface area (Å²) in [6.07, 6.45) is 2.84. The van der Waals surface area contributed by atoms with Gasteiger partial charge in [-0.15, -0.1) is 0 Å². The first-order chi connectivity index (χ1) is 12.1. The Morgan fingerprint density at radius 2 is 2.08 bits per heavy atom. The molecule has 2 unspecified atom stereocenters. The van der Waals surface area contributed by atoms with Gasteiger partial charge >= 0.3 is 0 Å². The third kappa shape index (κ3) is 4.10. The number of hydrogen-bond donors (Lipinski definition) is 1. The van der Waals surface area contributed by atoms with Gasteiger partial charge in [-0.1, -0.05) is 31.2 Å².